The molecule has 2 aromatic rings. The van der Waals surface area contributed by atoms with Crippen LogP contribution < -0.4 is 10.9 Å². The van der Waals surface area contributed by atoms with Gasteiger partial charge in [0.2, 0.25) is 0 Å². The minimum atomic E-state index is 0.337. The Morgan fingerprint density at radius 1 is 1.19 bits per heavy atom. The first-order valence-electron chi connectivity index (χ1n) is 9.98. The Labute approximate surface area is 156 Å². The van der Waals surface area contributed by atoms with Gasteiger partial charge in [-0.2, -0.15) is 0 Å². The van der Waals surface area contributed by atoms with Crippen LogP contribution in [-0.2, 0) is 13.0 Å². The summed E-state index contributed by atoms with van der Waals surface area (Å²) in [6, 6.07) is 12.1. The number of nitrogens with zero attached hydrogens (tertiary/aromatic N) is 2. The average molecular weight is 354 g/mol. The lowest BCUT2D eigenvalue weighted by Gasteiger charge is -2.40. The fourth-order valence-corrected chi connectivity index (χ4v) is 4.45. The smallest absolute Gasteiger partial charge is 0.143 e. The summed E-state index contributed by atoms with van der Waals surface area (Å²) in [4.78, 5) is 2.66. The number of hydrogen-bond donors (Lipinski definition) is 2. The molecule has 0 spiro atoms. The number of aryl methyl sites for hydroxylation is 2. The highest BCUT2D eigenvalue weighted by atomic mass is 16.5. The second kappa shape index (κ2) is 7.91. The lowest BCUT2D eigenvalue weighted by atomic mass is 9.86. The zero-order valence-corrected chi connectivity index (χ0v) is 15.9. The van der Waals surface area contributed by atoms with Crippen molar-refractivity contribution in [3.05, 3.63) is 52.9 Å². The maximum absolute atomic E-state index is 5.60. The van der Waals surface area contributed by atoms with Crippen LogP contribution >= 0.6 is 0 Å². The van der Waals surface area contributed by atoms with Crippen molar-refractivity contribution in [2.45, 2.75) is 64.1 Å². The molecule has 3 heterocycles. The van der Waals surface area contributed by atoms with Crippen molar-refractivity contribution in [3.8, 4) is 0 Å². The Morgan fingerprint density at radius 2 is 2.00 bits per heavy atom. The lowest BCUT2D eigenvalue weighted by Crippen LogP contribution is -2.52. The molecule has 140 valence electrons. The van der Waals surface area contributed by atoms with E-state index in [1.807, 2.05) is 6.92 Å². The molecule has 1 aromatic heterocycles. The van der Waals surface area contributed by atoms with E-state index in [0.29, 0.717) is 18.0 Å². The third-order valence-corrected chi connectivity index (χ3v) is 5.93. The Bertz CT molecular complexity index is 711. The highest BCUT2D eigenvalue weighted by Gasteiger charge is 2.40. The quantitative estimate of drug-likeness (QED) is 0.864. The van der Waals surface area contributed by atoms with Gasteiger partial charge >= 0.3 is 0 Å². The molecular formula is C21H30N4O. The van der Waals surface area contributed by atoms with Crippen molar-refractivity contribution in [1.29, 1.82) is 0 Å². The van der Waals surface area contributed by atoms with Crippen LogP contribution in [-0.4, -0.2) is 35.2 Å². The van der Waals surface area contributed by atoms with E-state index in [-0.39, 0.29) is 0 Å². The van der Waals surface area contributed by atoms with E-state index >= 15 is 0 Å². The first-order chi connectivity index (χ1) is 12.7. The standard InChI is InChI=1S/C21H30N4O/c1-3-16-7-9-17(10-8-16)14-25-11-5-4-6-19(25)21-18(13-22-23-21)20-12-15(2)24-26-20/h7-10,12,18-19,21-23H,3-6,11,13-14H2,1-2H3. The fraction of sp³-hybridized carbons (Fsp3) is 0.571. The third kappa shape index (κ3) is 3.70. The highest BCUT2D eigenvalue weighted by molar-refractivity contribution is 5.23. The largest absolute Gasteiger partial charge is 0.361 e. The molecule has 2 aliphatic heterocycles. The Balaban J connectivity index is 1.50. The minimum absolute atomic E-state index is 0.337. The second-order valence-electron chi connectivity index (χ2n) is 7.73. The average Bonchev–Trinajstić information content (AvgIpc) is 3.31. The van der Waals surface area contributed by atoms with Crippen molar-refractivity contribution < 1.29 is 4.52 Å². The van der Waals surface area contributed by atoms with Crippen LogP contribution in [0.3, 0.4) is 0 Å². The molecule has 0 aliphatic carbocycles. The first kappa shape index (κ1) is 17.7. The van der Waals surface area contributed by atoms with Gasteiger partial charge in [-0.1, -0.05) is 42.8 Å². The summed E-state index contributed by atoms with van der Waals surface area (Å²) < 4.78 is 5.60. The van der Waals surface area contributed by atoms with Crippen LogP contribution in [0.5, 0.6) is 0 Å². The minimum Gasteiger partial charge on any atom is -0.361 e. The lowest BCUT2D eigenvalue weighted by molar-refractivity contribution is 0.103. The molecule has 2 N–H and O–H groups in total. The summed E-state index contributed by atoms with van der Waals surface area (Å²) >= 11 is 0. The SMILES string of the molecule is CCc1ccc(CN2CCCCC2C2NNCC2c2cc(C)no2)cc1. The first-order valence-corrected chi connectivity index (χ1v) is 9.98. The van der Waals surface area contributed by atoms with Gasteiger partial charge in [0.05, 0.1) is 11.6 Å². The van der Waals surface area contributed by atoms with E-state index in [2.05, 4.69) is 58.2 Å². The van der Waals surface area contributed by atoms with Crippen molar-refractivity contribution in [3.63, 3.8) is 0 Å². The monoisotopic (exact) mass is 354 g/mol. The van der Waals surface area contributed by atoms with Gasteiger partial charge in [-0.05, 0) is 43.9 Å². The predicted molar refractivity (Wildman–Crippen MR) is 103 cm³/mol. The molecule has 26 heavy (non-hydrogen) atoms. The molecule has 3 atom stereocenters. The maximum Gasteiger partial charge on any atom is 0.143 e. The molecule has 4 rings (SSSR count). The van der Waals surface area contributed by atoms with Crippen LogP contribution in [0.2, 0.25) is 0 Å². The molecule has 5 heteroatoms. The zero-order valence-electron chi connectivity index (χ0n) is 15.9. The number of rotatable bonds is 5. The summed E-state index contributed by atoms with van der Waals surface area (Å²) in [5.41, 5.74) is 10.7. The van der Waals surface area contributed by atoms with E-state index in [9.17, 15) is 0 Å². The van der Waals surface area contributed by atoms with E-state index in [1.54, 1.807) is 0 Å². The molecule has 2 saturated heterocycles. The van der Waals surface area contributed by atoms with E-state index in [4.69, 9.17) is 4.52 Å². The van der Waals surface area contributed by atoms with E-state index in [0.717, 1.165) is 31.0 Å². The molecule has 0 amide bonds. The number of aromatic nitrogens is 1. The van der Waals surface area contributed by atoms with Crippen LogP contribution in [0.25, 0.3) is 0 Å². The third-order valence-electron chi connectivity index (χ3n) is 5.93. The van der Waals surface area contributed by atoms with Gasteiger partial charge in [0.1, 0.15) is 5.76 Å². The summed E-state index contributed by atoms with van der Waals surface area (Å²) in [6.45, 7) is 7.29. The molecule has 0 saturated carbocycles. The number of likely N-dealkylation sites (tertiary alicyclic amines) is 1. The fourth-order valence-electron chi connectivity index (χ4n) is 4.45. The van der Waals surface area contributed by atoms with Gasteiger partial charge < -0.3 is 4.52 Å². The van der Waals surface area contributed by atoms with Crippen molar-refractivity contribution in [2.75, 3.05) is 13.1 Å². The van der Waals surface area contributed by atoms with Crippen molar-refractivity contribution in [2.24, 2.45) is 0 Å². The van der Waals surface area contributed by atoms with Gasteiger partial charge in [-0.25, -0.2) is 0 Å². The van der Waals surface area contributed by atoms with Gasteiger partial charge in [-0.3, -0.25) is 15.8 Å². The summed E-state index contributed by atoms with van der Waals surface area (Å²) in [7, 11) is 0. The zero-order chi connectivity index (χ0) is 17.9. The van der Waals surface area contributed by atoms with Crippen molar-refractivity contribution in [1.82, 2.24) is 20.9 Å². The number of hydrogen-bond acceptors (Lipinski definition) is 5. The van der Waals surface area contributed by atoms with Gasteiger partial charge in [0.25, 0.3) is 0 Å². The second-order valence-corrected chi connectivity index (χ2v) is 7.73. The molecule has 1 aromatic carbocycles. The van der Waals surface area contributed by atoms with Crippen LogP contribution in [0.4, 0.5) is 0 Å². The number of benzene rings is 1. The van der Waals surface area contributed by atoms with Gasteiger partial charge in [0, 0.05) is 31.2 Å². The molecule has 3 unspecified atom stereocenters. The highest BCUT2D eigenvalue weighted by Crippen LogP contribution is 2.32. The summed E-state index contributed by atoms with van der Waals surface area (Å²) in [5, 5.41) is 4.10. The molecule has 2 aliphatic rings. The van der Waals surface area contributed by atoms with E-state index in [1.165, 1.54) is 36.9 Å². The van der Waals surface area contributed by atoms with Crippen LogP contribution in [0, 0.1) is 6.92 Å². The Morgan fingerprint density at radius 3 is 2.73 bits per heavy atom. The Hall–Kier alpha value is -1.69. The van der Waals surface area contributed by atoms with Crippen molar-refractivity contribution >= 4 is 0 Å². The number of nitrogens with one attached hydrogen (secondary N) is 2. The topological polar surface area (TPSA) is 53.3 Å². The molecular weight excluding hydrogens is 324 g/mol. The normalized spacial score (nSPS) is 27.1. The van der Waals surface area contributed by atoms with Crippen LogP contribution in [0.1, 0.15) is 54.7 Å². The van der Waals surface area contributed by atoms with Crippen LogP contribution in [0.15, 0.2) is 34.9 Å². The molecule has 2 fully saturated rings. The molecule has 0 radical (unpaired) electrons. The van der Waals surface area contributed by atoms with Gasteiger partial charge in [-0.15, -0.1) is 0 Å². The van der Waals surface area contributed by atoms with Gasteiger partial charge in [0.15, 0.2) is 0 Å². The maximum atomic E-state index is 5.60. The summed E-state index contributed by atoms with van der Waals surface area (Å²) in [6.07, 6.45) is 4.92. The number of hydrazine groups is 1. The summed E-state index contributed by atoms with van der Waals surface area (Å²) in [5.74, 6) is 1.34. The molecule has 5 nitrogen and oxygen atoms in total. The predicted octanol–water partition coefficient (Wildman–Crippen LogP) is 3.16. The van der Waals surface area contributed by atoms with E-state index < -0.39 is 0 Å². The number of piperidine rings is 1. The molecule has 0 bridgehead atoms. The Kier molecular flexibility index (Phi) is 5.38.